The second-order valence-corrected chi connectivity index (χ2v) is 8.03. The van der Waals surface area contributed by atoms with Crippen LogP contribution in [0.3, 0.4) is 0 Å². The van der Waals surface area contributed by atoms with E-state index >= 15 is 0 Å². The largest absolute Gasteiger partial charge is 0.394 e. The summed E-state index contributed by atoms with van der Waals surface area (Å²) in [5, 5.41) is 12.9. The van der Waals surface area contributed by atoms with Crippen LogP contribution in [0.4, 0.5) is 20.6 Å². The summed E-state index contributed by atoms with van der Waals surface area (Å²) >= 11 is 0. The molecule has 2 heterocycles. The number of carbonyl (C=O) groups is 2. The van der Waals surface area contributed by atoms with Crippen LogP contribution in [0, 0.1) is 5.82 Å². The van der Waals surface area contributed by atoms with Gasteiger partial charge in [-0.2, -0.15) is 0 Å². The van der Waals surface area contributed by atoms with Crippen molar-refractivity contribution < 1.29 is 19.1 Å². The summed E-state index contributed by atoms with van der Waals surface area (Å²) in [5.41, 5.74) is 2.70. The molecule has 3 amide bonds. The van der Waals surface area contributed by atoms with Gasteiger partial charge in [0.15, 0.2) is 0 Å². The number of hydrogen-bond acceptors (Lipinski definition) is 3. The second-order valence-electron chi connectivity index (χ2n) is 8.03. The van der Waals surface area contributed by atoms with Crippen LogP contribution in [-0.2, 0) is 0 Å². The highest BCUT2D eigenvalue weighted by atomic mass is 19.1. The summed E-state index contributed by atoms with van der Waals surface area (Å²) < 4.78 is 13.2. The predicted octanol–water partition coefficient (Wildman–Crippen LogP) is 3.85. The summed E-state index contributed by atoms with van der Waals surface area (Å²) in [4.78, 5) is 29.7. The Hall–Kier alpha value is -3.71. The van der Waals surface area contributed by atoms with Gasteiger partial charge in [0.1, 0.15) is 5.82 Å². The van der Waals surface area contributed by atoms with Crippen LogP contribution in [0.25, 0.3) is 0 Å². The number of rotatable bonds is 3. The lowest BCUT2D eigenvalue weighted by Gasteiger charge is -2.58. The van der Waals surface area contributed by atoms with Crippen LogP contribution in [0.1, 0.15) is 21.8 Å². The lowest BCUT2D eigenvalue weighted by Crippen LogP contribution is -2.71. The fraction of sp³-hybridized carbons (Fsp3) is 0.200. The molecular formula is C25H22FN3O3. The van der Waals surface area contributed by atoms with E-state index in [1.807, 2.05) is 30.3 Å². The summed E-state index contributed by atoms with van der Waals surface area (Å²) in [6.45, 7) is 0.139. The molecule has 0 saturated carbocycles. The number of aliphatic hydroxyl groups excluding tert-OH is 1. The summed E-state index contributed by atoms with van der Waals surface area (Å²) in [6, 6.07) is 21.1. The first-order valence-electron chi connectivity index (χ1n) is 10.5. The minimum absolute atomic E-state index is 0.0567. The van der Waals surface area contributed by atoms with Gasteiger partial charge in [-0.15, -0.1) is 0 Å². The van der Waals surface area contributed by atoms with Crippen molar-refractivity contribution in [3.8, 4) is 0 Å². The molecule has 1 fully saturated rings. The number of benzene rings is 3. The van der Waals surface area contributed by atoms with E-state index < -0.39 is 0 Å². The number of urea groups is 1. The van der Waals surface area contributed by atoms with E-state index in [0.717, 1.165) is 11.3 Å². The van der Waals surface area contributed by atoms with Gasteiger partial charge in [0.25, 0.3) is 5.91 Å². The zero-order chi connectivity index (χ0) is 22.2. The van der Waals surface area contributed by atoms with Crippen molar-refractivity contribution in [2.75, 3.05) is 23.4 Å². The molecule has 1 saturated heterocycles. The van der Waals surface area contributed by atoms with Gasteiger partial charge in [0.2, 0.25) is 0 Å². The minimum atomic E-state index is -0.381. The first-order chi connectivity index (χ1) is 15.6. The monoisotopic (exact) mass is 431 g/mol. The van der Waals surface area contributed by atoms with E-state index in [1.165, 1.54) is 24.3 Å². The molecule has 0 aliphatic carbocycles. The van der Waals surface area contributed by atoms with Gasteiger partial charge in [0, 0.05) is 29.4 Å². The highest BCUT2D eigenvalue weighted by Crippen LogP contribution is 2.48. The number of anilines is 2. The Kier molecular flexibility index (Phi) is 5.11. The molecule has 3 aromatic carbocycles. The number of para-hydroxylation sites is 1. The molecule has 32 heavy (non-hydrogen) atoms. The molecule has 3 aromatic rings. The van der Waals surface area contributed by atoms with Crippen LogP contribution >= 0.6 is 0 Å². The Balaban J connectivity index is 1.46. The van der Waals surface area contributed by atoms with Gasteiger partial charge in [-0.1, -0.05) is 36.4 Å². The number of hydrogen-bond donors (Lipinski definition) is 2. The maximum absolute atomic E-state index is 13.2. The van der Waals surface area contributed by atoms with Crippen molar-refractivity contribution in [1.82, 2.24) is 4.90 Å². The van der Waals surface area contributed by atoms with E-state index in [4.69, 9.17) is 0 Å². The van der Waals surface area contributed by atoms with Crippen LogP contribution in [0.15, 0.2) is 78.9 Å². The van der Waals surface area contributed by atoms with Gasteiger partial charge < -0.3 is 15.3 Å². The Labute approximate surface area is 184 Å². The maximum atomic E-state index is 13.2. The van der Waals surface area contributed by atoms with Crippen LogP contribution in [0.5, 0.6) is 0 Å². The summed E-state index contributed by atoms with van der Waals surface area (Å²) in [6.07, 6.45) is 0. The Bertz CT molecular complexity index is 1150. The van der Waals surface area contributed by atoms with Crippen molar-refractivity contribution in [2.45, 2.75) is 18.0 Å². The molecule has 6 nitrogen and oxygen atoms in total. The molecule has 2 aliphatic heterocycles. The van der Waals surface area contributed by atoms with Gasteiger partial charge in [0.05, 0.1) is 18.7 Å². The van der Waals surface area contributed by atoms with Gasteiger partial charge >= 0.3 is 6.03 Å². The lowest BCUT2D eigenvalue weighted by molar-refractivity contribution is -0.0241. The van der Waals surface area contributed by atoms with Crippen molar-refractivity contribution in [2.24, 2.45) is 0 Å². The lowest BCUT2D eigenvalue weighted by atomic mass is 9.71. The molecule has 162 valence electrons. The second kappa shape index (κ2) is 8.09. The van der Waals surface area contributed by atoms with E-state index in [-0.39, 0.29) is 42.4 Å². The fourth-order valence-electron chi connectivity index (χ4n) is 4.81. The normalized spacial score (nSPS) is 21.2. The standard InChI is InChI=1S/C25H22FN3O3/c26-17-10-12-18(13-11-17)27-25(32)28-14-21-23(19-8-4-5-9-20(19)28)22(15-30)29(21)24(31)16-6-2-1-3-7-16/h1-13,21-23,30H,14-15H2,(H,27,32)/t21-,22+,23+/m1/s1. The number of aliphatic hydroxyl groups is 1. The molecular weight excluding hydrogens is 409 g/mol. The number of fused-ring (bicyclic) bond motifs is 3. The van der Waals surface area contributed by atoms with E-state index in [2.05, 4.69) is 5.32 Å². The Morgan fingerprint density at radius 3 is 2.38 bits per heavy atom. The topological polar surface area (TPSA) is 72.9 Å². The SMILES string of the molecule is O=C(Nc1ccc(F)cc1)N1C[C@@H]2[C@H](c3ccccc31)[C@H](CO)N2C(=O)c1ccccc1. The fourth-order valence-corrected chi connectivity index (χ4v) is 4.81. The smallest absolute Gasteiger partial charge is 0.326 e. The number of halogens is 1. The van der Waals surface area contributed by atoms with Gasteiger partial charge in [-0.05, 0) is 48.0 Å². The first-order valence-corrected chi connectivity index (χ1v) is 10.5. The first kappa shape index (κ1) is 20.2. The molecule has 5 rings (SSSR count). The highest BCUT2D eigenvalue weighted by molar-refractivity contribution is 6.03. The number of likely N-dealkylation sites (tertiary alicyclic amines) is 1. The van der Waals surface area contributed by atoms with Crippen LogP contribution in [-0.4, -0.2) is 47.2 Å². The molecule has 7 heteroatoms. The average Bonchev–Trinajstić information content (AvgIpc) is 2.81. The van der Waals surface area contributed by atoms with Crippen LogP contribution < -0.4 is 10.2 Å². The number of nitrogens with zero attached hydrogens (tertiary/aromatic N) is 2. The quantitative estimate of drug-likeness (QED) is 0.662. The molecule has 2 aliphatic rings. The van der Waals surface area contributed by atoms with E-state index in [0.29, 0.717) is 17.8 Å². The molecule has 0 radical (unpaired) electrons. The van der Waals surface area contributed by atoms with Crippen molar-refractivity contribution in [1.29, 1.82) is 0 Å². The third kappa shape index (κ3) is 3.31. The van der Waals surface area contributed by atoms with Crippen molar-refractivity contribution in [3.63, 3.8) is 0 Å². The Morgan fingerprint density at radius 2 is 1.66 bits per heavy atom. The van der Waals surface area contributed by atoms with Crippen molar-refractivity contribution in [3.05, 3.63) is 95.8 Å². The molecule has 0 spiro atoms. The minimum Gasteiger partial charge on any atom is -0.394 e. The van der Waals surface area contributed by atoms with Crippen LogP contribution in [0.2, 0.25) is 0 Å². The number of carbonyl (C=O) groups excluding carboxylic acids is 2. The highest BCUT2D eigenvalue weighted by Gasteiger charge is 2.55. The molecule has 0 aromatic heterocycles. The maximum Gasteiger partial charge on any atom is 0.326 e. The zero-order valence-electron chi connectivity index (χ0n) is 17.2. The van der Waals surface area contributed by atoms with Gasteiger partial charge in [-0.25, -0.2) is 9.18 Å². The zero-order valence-corrected chi connectivity index (χ0v) is 17.2. The van der Waals surface area contributed by atoms with E-state index in [9.17, 15) is 19.1 Å². The Morgan fingerprint density at radius 1 is 0.969 bits per heavy atom. The number of nitrogens with one attached hydrogen (secondary N) is 1. The average molecular weight is 431 g/mol. The predicted molar refractivity (Wildman–Crippen MR) is 119 cm³/mol. The van der Waals surface area contributed by atoms with Crippen molar-refractivity contribution >= 4 is 23.3 Å². The van der Waals surface area contributed by atoms with E-state index in [1.54, 1.807) is 34.1 Å². The third-order valence-electron chi connectivity index (χ3n) is 6.28. The third-order valence-corrected chi connectivity index (χ3v) is 6.28. The van der Waals surface area contributed by atoms with Gasteiger partial charge in [-0.3, -0.25) is 9.69 Å². The molecule has 3 atom stereocenters. The molecule has 0 unspecified atom stereocenters. The summed E-state index contributed by atoms with van der Waals surface area (Å²) in [7, 11) is 0. The molecule has 0 bridgehead atoms. The summed E-state index contributed by atoms with van der Waals surface area (Å²) in [5.74, 6) is -0.600. The number of amides is 3. The molecule has 2 N–H and O–H groups in total.